The Hall–Kier alpha value is -1.95. The van der Waals surface area contributed by atoms with E-state index in [2.05, 4.69) is 5.32 Å². The van der Waals surface area contributed by atoms with Crippen LogP contribution in [0, 0.1) is 5.82 Å². The zero-order valence-corrected chi connectivity index (χ0v) is 11.0. The number of halogens is 3. The molecule has 0 aromatic heterocycles. The summed E-state index contributed by atoms with van der Waals surface area (Å²) in [6, 6.07) is 11.4. The highest BCUT2D eigenvalue weighted by Gasteiger charge is 2.13. The second-order valence-electron chi connectivity index (χ2n) is 3.84. The SMILES string of the molecule is O=C(Nc1ccccc1SC(F)F)c1cccc(F)c1. The van der Waals surface area contributed by atoms with Crippen molar-refractivity contribution < 1.29 is 18.0 Å². The van der Waals surface area contributed by atoms with E-state index in [1.165, 1.54) is 30.3 Å². The minimum atomic E-state index is -2.58. The Labute approximate surface area is 118 Å². The standard InChI is InChI=1S/C14H10F3NOS/c15-10-5-3-4-9(8-10)13(19)18-11-6-1-2-7-12(11)20-14(16)17/h1-8,14H,(H,18,19). The number of nitrogens with one attached hydrogen (secondary N) is 1. The first kappa shape index (κ1) is 14.5. The van der Waals surface area contributed by atoms with E-state index in [1.807, 2.05) is 0 Å². The van der Waals surface area contributed by atoms with Crippen LogP contribution in [0.4, 0.5) is 18.9 Å². The second-order valence-corrected chi connectivity index (χ2v) is 4.87. The van der Waals surface area contributed by atoms with Crippen molar-refractivity contribution in [3.05, 3.63) is 59.9 Å². The van der Waals surface area contributed by atoms with E-state index < -0.39 is 17.5 Å². The van der Waals surface area contributed by atoms with Gasteiger partial charge in [-0.1, -0.05) is 30.0 Å². The van der Waals surface area contributed by atoms with Gasteiger partial charge in [0.2, 0.25) is 0 Å². The molecule has 0 spiro atoms. The fourth-order valence-corrected chi connectivity index (χ4v) is 2.19. The summed E-state index contributed by atoms with van der Waals surface area (Å²) in [5, 5.41) is 2.50. The Balaban J connectivity index is 2.19. The number of rotatable bonds is 4. The molecular weight excluding hydrogens is 287 g/mol. The maximum atomic E-state index is 13.0. The number of carbonyl (C=O) groups is 1. The van der Waals surface area contributed by atoms with Crippen LogP contribution in [0.15, 0.2) is 53.4 Å². The molecule has 1 amide bonds. The average molecular weight is 297 g/mol. The van der Waals surface area contributed by atoms with E-state index in [0.29, 0.717) is 11.8 Å². The molecule has 2 nitrogen and oxygen atoms in total. The van der Waals surface area contributed by atoms with Crippen LogP contribution in [-0.2, 0) is 0 Å². The van der Waals surface area contributed by atoms with Crippen molar-refractivity contribution in [2.24, 2.45) is 0 Å². The van der Waals surface area contributed by atoms with E-state index in [1.54, 1.807) is 12.1 Å². The number of thioether (sulfide) groups is 1. The molecule has 2 aromatic rings. The van der Waals surface area contributed by atoms with Gasteiger partial charge in [0.1, 0.15) is 5.82 Å². The number of alkyl halides is 2. The van der Waals surface area contributed by atoms with Crippen LogP contribution in [0.2, 0.25) is 0 Å². The van der Waals surface area contributed by atoms with E-state index >= 15 is 0 Å². The van der Waals surface area contributed by atoms with Gasteiger partial charge in [-0.25, -0.2) is 4.39 Å². The molecule has 2 rings (SSSR count). The summed E-state index contributed by atoms with van der Waals surface area (Å²) in [5.74, 6) is -3.66. The third-order valence-corrected chi connectivity index (χ3v) is 3.23. The van der Waals surface area contributed by atoms with Crippen LogP contribution in [-0.4, -0.2) is 11.7 Å². The fraction of sp³-hybridized carbons (Fsp3) is 0.0714. The first-order chi connectivity index (χ1) is 9.56. The van der Waals surface area contributed by atoms with Crippen LogP contribution in [0.5, 0.6) is 0 Å². The number of amides is 1. The molecule has 0 saturated carbocycles. The summed E-state index contributed by atoms with van der Waals surface area (Å²) >= 11 is 0.343. The molecule has 0 saturated heterocycles. The molecule has 20 heavy (non-hydrogen) atoms. The minimum absolute atomic E-state index is 0.127. The molecule has 6 heteroatoms. The Morgan fingerprint density at radius 3 is 2.55 bits per heavy atom. The van der Waals surface area contributed by atoms with Gasteiger partial charge in [0.15, 0.2) is 0 Å². The van der Waals surface area contributed by atoms with Crippen molar-refractivity contribution in [2.75, 3.05) is 5.32 Å². The maximum absolute atomic E-state index is 13.0. The molecule has 0 bridgehead atoms. The number of carbonyl (C=O) groups excluding carboxylic acids is 1. The van der Waals surface area contributed by atoms with Crippen molar-refractivity contribution in [2.45, 2.75) is 10.7 Å². The highest BCUT2D eigenvalue weighted by atomic mass is 32.2. The molecule has 0 aliphatic carbocycles. The average Bonchev–Trinajstić information content (AvgIpc) is 2.40. The molecule has 2 aromatic carbocycles. The van der Waals surface area contributed by atoms with Crippen molar-refractivity contribution in [1.29, 1.82) is 0 Å². The van der Waals surface area contributed by atoms with Gasteiger partial charge >= 0.3 is 0 Å². The van der Waals surface area contributed by atoms with Crippen LogP contribution in [0.1, 0.15) is 10.4 Å². The van der Waals surface area contributed by atoms with Gasteiger partial charge in [0.05, 0.1) is 5.69 Å². The number of anilines is 1. The summed E-state index contributed by atoms with van der Waals surface area (Å²) in [7, 11) is 0. The van der Waals surface area contributed by atoms with Crippen LogP contribution >= 0.6 is 11.8 Å². The molecule has 0 aliphatic rings. The van der Waals surface area contributed by atoms with Crippen LogP contribution in [0.25, 0.3) is 0 Å². The Morgan fingerprint density at radius 1 is 1.10 bits per heavy atom. The monoisotopic (exact) mass is 297 g/mol. The van der Waals surface area contributed by atoms with Gasteiger partial charge in [0, 0.05) is 10.5 Å². The van der Waals surface area contributed by atoms with E-state index in [0.717, 1.165) is 6.07 Å². The number of hydrogen-bond acceptors (Lipinski definition) is 2. The quantitative estimate of drug-likeness (QED) is 0.848. The van der Waals surface area contributed by atoms with Gasteiger partial charge in [-0.05, 0) is 30.3 Å². The number of para-hydroxylation sites is 1. The molecule has 0 heterocycles. The van der Waals surface area contributed by atoms with Crippen molar-refractivity contribution >= 4 is 23.4 Å². The third-order valence-electron chi connectivity index (χ3n) is 2.44. The predicted octanol–water partition coefficient (Wildman–Crippen LogP) is 4.39. The fourth-order valence-electron chi connectivity index (χ4n) is 1.59. The zero-order valence-electron chi connectivity index (χ0n) is 10.1. The summed E-state index contributed by atoms with van der Waals surface area (Å²) in [5.41, 5.74) is 0.397. The lowest BCUT2D eigenvalue weighted by Gasteiger charge is -2.10. The molecule has 1 N–H and O–H groups in total. The molecule has 0 aliphatic heterocycles. The highest BCUT2D eigenvalue weighted by Crippen LogP contribution is 2.31. The topological polar surface area (TPSA) is 29.1 Å². The predicted molar refractivity (Wildman–Crippen MR) is 72.7 cm³/mol. The Bertz CT molecular complexity index is 619. The van der Waals surface area contributed by atoms with Gasteiger partial charge in [-0.2, -0.15) is 8.78 Å². The van der Waals surface area contributed by atoms with E-state index in [-0.39, 0.29) is 16.1 Å². The minimum Gasteiger partial charge on any atom is -0.321 e. The maximum Gasteiger partial charge on any atom is 0.288 e. The lowest BCUT2D eigenvalue weighted by molar-refractivity contribution is 0.102. The molecule has 0 unspecified atom stereocenters. The normalized spacial score (nSPS) is 10.6. The van der Waals surface area contributed by atoms with E-state index in [9.17, 15) is 18.0 Å². The molecule has 0 fully saturated rings. The molecule has 0 radical (unpaired) electrons. The first-order valence-electron chi connectivity index (χ1n) is 5.67. The number of hydrogen-bond donors (Lipinski definition) is 1. The van der Waals surface area contributed by atoms with Crippen molar-refractivity contribution in [3.63, 3.8) is 0 Å². The van der Waals surface area contributed by atoms with Crippen molar-refractivity contribution in [1.82, 2.24) is 0 Å². The smallest absolute Gasteiger partial charge is 0.288 e. The van der Waals surface area contributed by atoms with Crippen LogP contribution in [0.3, 0.4) is 0 Å². The van der Waals surface area contributed by atoms with Gasteiger partial charge < -0.3 is 5.32 Å². The highest BCUT2D eigenvalue weighted by molar-refractivity contribution is 7.99. The lowest BCUT2D eigenvalue weighted by atomic mass is 10.2. The van der Waals surface area contributed by atoms with Gasteiger partial charge in [-0.15, -0.1) is 0 Å². The summed E-state index contributed by atoms with van der Waals surface area (Å²) in [6.45, 7) is 0. The largest absolute Gasteiger partial charge is 0.321 e. The third kappa shape index (κ3) is 3.77. The van der Waals surface area contributed by atoms with Gasteiger partial charge in [0.25, 0.3) is 11.7 Å². The molecule has 0 atom stereocenters. The van der Waals surface area contributed by atoms with Crippen LogP contribution < -0.4 is 5.32 Å². The molecular formula is C14H10F3NOS. The summed E-state index contributed by atoms with van der Waals surface area (Å²) < 4.78 is 37.9. The summed E-state index contributed by atoms with van der Waals surface area (Å²) in [4.78, 5) is 12.2. The van der Waals surface area contributed by atoms with E-state index in [4.69, 9.17) is 0 Å². The summed E-state index contributed by atoms with van der Waals surface area (Å²) in [6.07, 6.45) is 0. The van der Waals surface area contributed by atoms with Gasteiger partial charge in [-0.3, -0.25) is 4.79 Å². The molecule has 104 valence electrons. The van der Waals surface area contributed by atoms with Crippen molar-refractivity contribution in [3.8, 4) is 0 Å². The Morgan fingerprint density at radius 2 is 1.85 bits per heavy atom. The second kappa shape index (κ2) is 6.47. The lowest BCUT2D eigenvalue weighted by Crippen LogP contribution is -2.12. The Kier molecular flexibility index (Phi) is 4.68. The first-order valence-corrected chi connectivity index (χ1v) is 6.55. The number of benzene rings is 2. The zero-order chi connectivity index (χ0) is 14.5.